The molecule has 0 aliphatic carbocycles. The van der Waals surface area contributed by atoms with E-state index >= 15 is 0 Å². The Labute approximate surface area is 93.8 Å². The van der Waals surface area contributed by atoms with Crippen molar-refractivity contribution >= 4 is 35.2 Å². The average Bonchev–Trinajstić information content (AvgIpc) is 2.72. The fourth-order valence-electron chi connectivity index (χ4n) is 1.13. The molecule has 2 heterocycles. The van der Waals surface area contributed by atoms with E-state index in [9.17, 15) is 0 Å². The summed E-state index contributed by atoms with van der Waals surface area (Å²) in [4.78, 5) is 0. The second kappa shape index (κ2) is 3.82. The van der Waals surface area contributed by atoms with Gasteiger partial charge in [0.2, 0.25) is 0 Å². The number of thiophene rings is 1. The van der Waals surface area contributed by atoms with Crippen LogP contribution in [0.3, 0.4) is 0 Å². The molecule has 0 aliphatic heterocycles. The second-order valence-corrected chi connectivity index (χ2v) is 4.42. The van der Waals surface area contributed by atoms with E-state index in [0.717, 1.165) is 5.69 Å². The molecule has 0 bridgehead atoms. The summed E-state index contributed by atoms with van der Waals surface area (Å²) in [6, 6.07) is 1.83. The third-order valence-corrected chi connectivity index (χ3v) is 3.15. The number of H-pyrrole nitrogens is 1. The molecule has 0 aromatic carbocycles. The van der Waals surface area contributed by atoms with Gasteiger partial charge >= 0.3 is 0 Å². The molecule has 0 unspecified atom stereocenters. The van der Waals surface area contributed by atoms with Crippen LogP contribution in [0.5, 0.6) is 0 Å². The van der Waals surface area contributed by atoms with Gasteiger partial charge in [-0.2, -0.15) is 5.10 Å². The summed E-state index contributed by atoms with van der Waals surface area (Å²) in [5, 5.41) is 17.4. The maximum absolute atomic E-state index is 9.03. The van der Waals surface area contributed by atoms with Crippen molar-refractivity contribution < 1.29 is 5.11 Å². The van der Waals surface area contributed by atoms with Crippen LogP contribution in [0.4, 0.5) is 0 Å². The van der Waals surface area contributed by atoms with Crippen LogP contribution in [0.25, 0.3) is 5.69 Å². The third kappa shape index (κ3) is 1.50. The van der Waals surface area contributed by atoms with Gasteiger partial charge in [-0.15, -0.1) is 11.3 Å². The van der Waals surface area contributed by atoms with Gasteiger partial charge in [-0.25, -0.2) is 0 Å². The predicted octanol–water partition coefficient (Wildman–Crippen LogP) is 2.14. The van der Waals surface area contributed by atoms with Crippen LogP contribution in [-0.4, -0.2) is 19.9 Å². The molecule has 0 fully saturated rings. The zero-order valence-corrected chi connectivity index (χ0v) is 9.29. The molecule has 0 saturated carbocycles. The Morgan fingerprint density at radius 3 is 3.07 bits per heavy atom. The zero-order valence-electron chi connectivity index (χ0n) is 6.90. The maximum Gasteiger partial charge on any atom is 0.200 e. The number of hydrogen-bond acceptors (Lipinski definition) is 4. The van der Waals surface area contributed by atoms with Crippen molar-refractivity contribution in [3.63, 3.8) is 0 Å². The Morgan fingerprint density at radius 2 is 2.50 bits per heavy atom. The van der Waals surface area contributed by atoms with Gasteiger partial charge in [0, 0.05) is 0 Å². The molecule has 2 aromatic rings. The molecule has 74 valence electrons. The minimum absolute atomic E-state index is 0.181. The lowest BCUT2D eigenvalue weighted by atomic mass is 10.5. The topological polar surface area (TPSA) is 53.8 Å². The highest BCUT2D eigenvalue weighted by Gasteiger charge is 2.10. The summed E-state index contributed by atoms with van der Waals surface area (Å²) in [6.07, 6.45) is 0. The standard InChI is InChI=1S/C7H6ClN3OS2/c8-6-4(1-2-14-6)11-5(3-12)9-10-7(11)13/h1-2,12H,3H2,(H,10,13). The number of hydrogen-bond donors (Lipinski definition) is 2. The zero-order chi connectivity index (χ0) is 10.1. The molecular weight excluding hydrogens is 242 g/mol. The smallest absolute Gasteiger partial charge is 0.200 e. The summed E-state index contributed by atoms with van der Waals surface area (Å²) in [5.41, 5.74) is 0.750. The first-order chi connectivity index (χ1) is 6.74. The van der Waals surface area contributed by atoms with Crippen LogP contribution in [0.1, 0.15) is 5.82 Å². The molecule has 0 amide bonds. The normalized spacial score (nSPS) is 10.7. The summed E-state index contributed by atoms with van der Waals surface area (Å²) in [6.45, 7) is -0.181. The van der Waals surface area contributed by atoms with Crippen molar-refractivity contribution in [2.75, 3.05) is 0 Å². The van der Waals surface area contributed by atoms with Gasteiger partial charge < -0.3 is 5.11 Å². The number of aliphatic hydroxyl groups is 1. The van der Waals surface area contributed by atoms with Gasteiger partial charge in [-0.05, 0) is 23.7 Å². The van der Waals surface area contributed by atoms with E-state index < -0.39 is 0 Å². The molecule has 2 aromatic heterocycles. The van der Waals surface area contributed by atoms with Crippen molar-refractivity contribution in [2.45, 2.75) is 6.61 Å². The molecule has 7 heteroatoms. The summed E-state index contributed by atoms with van der Waals surface area (Å²) in [5.74, 6) is 0.454. The van der Waals surface area contributed by atoms with Crippen molar-refractivity contribution in [3.8, 4) is 5.69 Å². The fraction of sp³-hybridized carbons (Fsp3) is 0.143. The lowest BCUT2D eigenvalue weighted by Gasteiger charge is -2.01. The van der Waals surface area contributed by atoms with Gasteiger partial charge in [0.25, 0.3) is 0 Å². The monoisotopic (exact) mass is 247 g/mol. The van der Waals surface area contributed by atoms with Crippen LogP contribution >= 0.6 is 35.2 Å². The number of aromatic amines is 1. The highest BCUT2D eigenvalue weighted by molar-refractivity contribution is 7.71. The number of rotatable bonds is 2. The van der Waals surface area contributed by atoms with Crippen molar-refractivity contribution in [2.24, 2.45) is 0 Å². The number of halogens is 1. The average molecular weight is 248 g/mol. The van der Waals surface area contributed by atoms with Gasteiger partial charge in [0.1, 0.15) is 10.9 Å². The lowest BCUT2D eigenvalue weighted by molar-refractivity contribution is 0.269. The first-order valence-electron chi connectivity index (χ1n) is 3.74. The molecular formula is C7H6ClN3OS2. The Balaban J connectivity index is 2.67. The first-order valence-corrected chi connectivity index (χ1v) is 5.41. The number of aliphatic hydroxyl groups excluding tert-OH is 1. The van der Waals surface area contributed by atoms with Crippen LogP contribution < -0.4 is 0 Å². The van der Waals surface area contributed by atoms with E-state index in [4.69, 9.17) is 28.9 Å². The highest BCUT2D eigenvalue weighted by atomic mass is 35.5. The van der Waals surface area contributed by atoms with Crippen molar-refractivity contribution in [3.05, 3.63) is 26.4 Å². The quantitative estimate of drug-likeness (QED) is 0.800. The molecule has 4 nitrogen and oxygen atoms in total. The van der Waals surface area contributed by atoms with E-state index in [2.05, 4.69) is 10.2 Å². The van der Waals surface area contributed by atoms with Gasteiger partial charge in [-0.3, -0.25) is 9.67 Å². The summed E-state index contributed by atoms with van der Waals surface area (Å²) in [7, 11) is 0. The Kier molecular flexibility index (Phi) is 2.69. The molecule has 14 heavy (non-hydrogen) atoms. The van der Waals surface area contributed by atoms with E-state index in [-0.39, 0.29) is 6.61 Å². The second-order valence-electron chi connectivity index (χ2n) is 2.52. The fourth-order valence-corrected chi connectivity index (χ4v) is 2.28. The van der Waals surface area contributed by atoms with Gasteiger partial charge in [-0.1, -0.05) is 11.6 Å². The number of aromatic nitrogens is 3. The van der Waals surface area contributed by atoms with Crippen molar-refractivity contribution in [1.82, 2.24) is 14.8 Å². The van der Waals surface area contributed by atoms with Crippen LogP contribution in [0.2, 0.25) is 4.34 Å². The first kappa shape index (κ1) is 9.85. The Morgan fingerprint density at radius 1 is 1.71 bits per heavy atom. The van der Waals surface area contributed by atoms with Crippen LogP contribution in [-0.2, 0) is 6.61 Å². The third-order valence-electron chi connectivity index (χ3n) is 1.72. The van der Waals surface area contributed by atoms with Crippen molar-refractivity contribution in [1.29, 1.82) is 0 Å². The van der Waals surface area contributed by atoms with Crippen LogP contribution in [0, 0.1) is 4.77 Å². The predicted molar refractivity (Wildman–Crippen MR) is 57.6 cm³/mol. The summed E-state index contributed by atoms with van der Waals surface area (Å²) < 4.78 is 2.67. The number of nitrogens with one attached hydrogen (secondary N) is 1. The number of nitrogens with zero attached hydrogens (tertiary/aromatic N) is 2. The van der Waals surface area contributed by atoms with Gasteiger partial charge in [0.15, 0.2) is 10.6 Å². The van der Waals surface area contributed by atoms with E-state index in [1.54, 1.807) is 4.57 Å². The van der Waals surface area contributed by atoms with Crippen LogP contribution in [0.15, 0.2) is 11.4 Å². The Bertz CT molecular complexity index is 501. The molecule has 0 spiro atoms. The maximum atomic E-state index is 9.03. The molecule has 0 atom stereocenters. The van der Waals surface area contributed by atoms with Gasteiger partial charge in [0.05, 0.1) is 5.69 Å². The molecule has 2 rings (SSSR count). The van der Waals surface area contributed by atoms with E-state index in [0.29, 0.717) is 14.9 Å². The van der Waals surface area contributed by atoms with E-state index in [1.165, 1.54) is 11.3 Å². The summed E-state index contributed by atoms with van der Waals surface area (Å²) >= 11 is 12.4. The SMILES string of the molecule is OCc1n[nH]c(=S)n1-c1ccsc1Cl. The highest BCUT2D eigenvalue weighted by Crippen LogP contribution is 2.27. The molecule has 0 saturated heterocycles. The molecule has 0 radical (unpaired) electrons. The lowest BCUT2D eigenvalue weighted by Crippen LogP contribution is -2.00. The Hall–Kier alpha value is -0.690. The molecule has 0 aliphatic rings. The van der Waals surface area contributed by atoms with E-state index in [1.807, 2.05) is 11.4 Å². The minimum Gasteiger partial charge on any atom is -0.388 e. The largest absolute Gasteiger partial charge is 0.388 e. The minimum atomic E-state index is -0.181. The molecule has 2 N–H and O–H groups in total.